The lowest BCUT2D eigenvalue weighted by atomic mass is 10.1. The second-order valence-corrected chi connectivity index (χ2v) is 4.75. The fourth-order valence-corrected chi connectivity index (χ4v) is 2.28. The number of aliphatic hydroxyl groups is 1. The van der Waals surface area contributed by atoms with Gasteiger partial charge in [-0.15, -0.1) is 0 Å². The molecule has 3 rings (SSSR count). The van der Waals surface area contributed by atoms with Crippen molar-refractivity contribution in [1.82, 2.24) is 4.98 Å². The highest BCUT2D eigenvalue weighted by Crippen LogP contribution is 2.23. The smallest absolute Gasteiger partial charge is 0.129 e. The summed E-state index contributed by atoms with van der Waals surface area (Å²) in [7, 11) is 1.96. The van der Waals surface area contributed by atoms with Crippen LogP contribution in [0, 0.1) is 0 Å². The van der Waals surface area contributed by atoms with Crippen LogP contribution in [0.3, 0.4) is 0 Å². The van der Waals surface area contributed by atoms with E-state index < -0.39 is 0 Å². The van der Waals surface area contributed by atoms with E-state index in [1.54, 1.807) is 6.26 Å². The fraction of sp³-hybridized carbons (Fsp3) is 0.188. The number of furan rings is 1. The predicted molar refractivity (Wildman–Crippen MR) is 78.5 cm³/mol. The van der Waals surface area contributed by atoms with Crippen LogP contribution in [0.1, 0.15) is 11.3 Å². The number of para-hydroxylation sites is 1. The minimum atomic E-state index is 0.00459. The number of fused-ring (bicyclic) bond motifs is 1. The third kappa shape index (κ3) is 2.38. The maximum absolute atomic E-state index is 9.53. The van der Waals surface area contributed by atoms with E-state index in [2.05, 4.69) is 4.98 Å². The molecule has 0 unspecified atom stereocenters. The van der Waals surface area contributed by atoms with E-state index in [1.807, 2.05) is 54.4 Å². The fourth-order valence-electron chi connectivity index (χ4n) is 2.28. The Balaban J connectivity index is 1.98. The van der Waals surface area contributed by atoms with Crippen molar-refractivity contribution >= 4 is 16.7 Å². The van der Waals surface area contributed by atoms with Gasteiger partial charge in [0, 0.05) is 12.4 Å². The van der Waals surface area contributed by atoms with Crippen LogP contribution in [0.2, 0.25) is 0 Å². The minimum absolute atomic E-state index is 0.00459. The molecule has 20 heavy (non-hydrogen) atoms. The Morgan fingerprint density at radius 3 is 2.80 bits per heavy atom. The molecule has 1 N–H and O–H groups in total. The lowest BCUT2D eigenvalue weighted by Crippen LogP contribution is -2.17. The van der Waals surface area contributed by atoms with Crippen LogP contribution in [0.15, 0.2) is 53.1 Å². The van der Waals surface area contributed by atoms with Gasteiger partial charge in [0.05, 0.1) is 24.9 Å². The molecule has 102 valence electrons. The summed E-state index contributed by atoms with van der Waals surface area (Å²) in [6.07, 6.45) is 1.66. The van der Waals surface area contributed by atoms with Gasteiger partial charge >= 0.3 is 0 Å². The molecular weight excluding hydrogens is 252 g/mol. The molecule has 0 aliphatic carbocycles. The van der Waals surface area contributed by atoms with E-state index in [1.165, 1.54) is 0 Å². The van der Waals surface area contributed by atoms with E-state index >= 15 is 0 Å². The van der Waals surface area contributed by atoms with Crippen molar-refractivity contribution in [2.24, 2.45) is 0 Å². The molecule has 3 aromatic rings. The van der Waals surface area contributed by atoms with Gasteiger partial charge in [0.1, 0.15) is 11.6 Å². The van der Waals surface area contributed by atoms with E-state index in [0.717, 1.165) is 28.0 Å². The zero-order chi connectivity index (χ0) is 13.9. The summed E-state index contributed by atoms with van der Waals surface area (Å²) in [5, 5.41) is 10.5. The molecule has 0 aliphatic heterocycles. The van der Waals surface area contributed by atoms with Crippen molar-refractivity contribution < 1.29 is 9.52 Å². The molecule has 4 heteroatoms. The molecule has 0 radical (unpaired) electrons. The summed E-state index contributed by atoms with van der Waals surface area (Å²) in [5.41, 5.74) is 1.78. The van der Waals surface area contributed by atoms with Crippen molar-refractivity contribution in [2.45, 2.75) is 13.2 Å². The first-order valence-electron chi connectivity index (χ1n) is 6.51. The summed E-state index contributed by atoms with van der Waals surface area (Å²) in [6.45, 7) is 0.647. The zero-order valence-electron chi connectivity index (χ0n) is 11.3. The molecule has 0 spiro atoms. The van der Waals surface area contributed by atoms with Gasteiger partial charge in [-0.1, -0.05) is 18.2 Å². The molecule has 2 aromatic heterocycles. The molecule has 0 saturated heterocycles. The summed E-state index contributed by atoms with van der Waals surface area (Å²) in [5.74, 6) is 1.71. The van der Waals surface area contributed by atoms with Crippen LogP contribution in [0.4, 0.5) is 5.82 Å². The summed E-state index contributed by atoms with van der Waals surface area (Å²) in [6, 6.07) is 13.6. The van der Waals surface area contributed by atoms with Gasteiger partial charge in [0.25, 0.3) is 0 Å². The Labute approximate surface area is 117 Å². The van der Waals surface area contributed by atoms with E-state index in [-0.39, 0.29) is 6.61 Å². The highest BCUT2D eigenvalue weighted by atomic mass is 16.3. The van der Waals surface area contributed by atoms with Crippen LogP contribution in [0.5, 0.6) is 0 Å². The molecule has 0 fully saturated rings. The van der Waals surface area contributed by atoms with Gasteiger partial charge in [-0.2, -0.15) is 0 Å². The molecule has 1 aromatic carbocycles. The molecule has 0 atom stereocenters. The third-order valence-corrected chi connectivity index (χ3v) is 3.32. The Morgan fingerprint density at radius 1 is 1.20 bits per heavy atom. The van der Waals surface area contributed by atoms with E-state index in [4.69, 9.17) is 4.42 Å². The lowest BCUT2D eigenvalue weighted by Gasteiger charge is -2.18. The maximum Gasteiger partial charge on any atom is 0.129 e. The number of anilines is 1. The van der Waals surface area contributed by atoms with Crippen molar-refractivity contribution in [3.8, 4) is 0 Å². The van der Waals surface area contributed by atoms with Crippen LogP contribution in [0.25, 0.3) is 10.9 Å². The molecule has 0 amide bonds. The first kappa shape index (κ1) is 12.7. The molecule has 0 bridgehead atoms. The van der Waals surface area contributed by atoms with Gasteiger partial charge in [-0.05, 0) is 29.8 Å². The standard InChI is InChI=1S/C16H16N2O2/c1-18(10-13-5-4-8-20-13)16-9-12(11-19)14-6-2-3-7-15(14)17-16/h2-9,19H,10-11H2,1H3. The van der Waals surface area contributed by atoms with Crippen molar-refractivity contribution in [1.29, 1.82) is 0 Å². The topological polar surface area (TPSA) is 49.5 Å². The number of hydrogen-bond acceptors (Lipinski definition) is 4. The quantitative estimate of drug-likeness (QED) is 0.790. The summed E-state index contributed by atoms with van der Waals surface area (Å²) >= 11 is 0. The SMILES string of the molecule is CN(Cc1ccco1)c1cc(CO)c2ccccc2n1. The number of hydrogen-bond donors (Lipinski definition) is 1. The Bertz CT molecular complexity index is 708. The van der Waals surface area contributed by atoms with Gasteiger partial charge < -0.3 is 14.4 Å². The van der Waals surface area contributed by atoms with E-state index in [0.29, 0.717) is 6.54 Å². The lowest BCUT2D eigenvalue weighted by molar-refractivity contribution is 0.283. The number of benzene rings is 1. The van der Waals surface area contributed by atoms with Gasteiger partial charge in [-0.3, -0.25) is 0 Å². The van der Waals surface area contributed by atoms with Crippen LogP contribution < -0.4 is 4.90 Å². The van der Waals surface area contributed by atoms with Gasteiger partial charge in [0.15, 0.2) is 0 Å². The van der Waals surface area contributed by atoms with Gasteiger partial charge in [0.2, 0.25) is 0 Å². The third-order valence-electron chi connectivity index (χ3n) is 3.32. The number of aromatic nitrogens is 1. The average Bonchev–Trinajstić information content (AvgIpc) is 2.99. The number of nitrogens with zero attached hydrogens (tertiary/aromatic N) is 2. The van der Waals surface area contributed by atoms with Crippen molar-refractivity contribution in [3.63, 3.8) is 0 Å². The highest BCUT2D eigenvalue weighted by Gasteiger charge is 2.09. The molecule has 0 aliphatic rings. The first-order valence-corrected chi connectivity index (χ1v) is 6.51. The maximum atomic E-state index is 9.53. The monoisotopic (exact) mass is 268 g/mol. The largest absolute Gasteiger partial charge is 0.467 e. The Kier molecular flexibility index (Phi) is 3.39. The van der Waals surface area contributed by atoms with Crippen molar-refractivity contribution in [3.05, 3.63) is 60.1 Å². The first-order chi connectivity index (χ1) is 9.78. The summed E-state index contributed by atoms with van der Waals surface area (Å²) in [4.78, 5) is 6.64. The van der Waals surface area contributed by atoms with Crippen LogP contribution in [-0.2, 0) is 13.2 Å². The number of aliphatic hydroxyl groups excluding tert-OH is 1. The van der Waals surface area contributed by atoms with Crippen molar-refractivity contribution in [2.75, 3.05) is 11.9 Å². The molecular formula is C16H16N2O2. The average molecular weight is 268 g/mol. The van der Waals surface area contributed by atoms with E-state index in [9.17, 15) is 5.11 Å². The zero-order valence-corrected chi connectivity index (χ0v) is 11.3. The minimum Gasteiger partial charge on any atom is -0.467 e. The van der Waals surface area contributed by atoms with Gasteiger partial charge in [-0.25, -0.2) is 4.98 Å². The highest BCUT2D eigenvalue weighted by molar-refractivity contribution is 5.84. The Morgan fingerprint density at radius 2 is 2.05 bits per heavy atom. The molecule has 0 saturated carbocycles. The van der Waals surface area contributed by atoms with Crippen LogP contribution in [-0.4, -0.2) is 17.1 Å². The molecule has 2 heterocycles. The number of pyridine rings is 1. The summed E-state index contributed by atoms with van der Waals surface area (Å²) < 4.78 is 5.35. The second kappa shape index (κ2) is 5.35. The Hall–Kier alpha value is -2.33. The normalized spacial score (nSPS) is 10.9. The van der Waals surface area contributed by atoms with Crippen LogP contribution >= 0.6 is 0 Å². The number of rotatable bonds is 4. The molecule has 4 nitrogen and oxygen atoms in total. The predicted octanol–water partition coefficient (Wildman–Crippen LogP) is 2.96. The second-order valence-electron chi connectivity index (χ2n) is 4.75.